The molecule has 6 aromatic rings. The van der Waals surface area contributed by atoms with Crippen molar-refractivity contribution in [2.75, 3.05) is 9.80 Å². The standard InChI is InChI=1S/C38H25N3OS/c42-37-28-23-27(21-20-25(28)24-40(37)26-11-2-1-3-12-26)41-32-16-7-4-13-29(32)38(36-33(41)17-10-22-39-36)30-14-5-8-18-34(30)43-35-19-9-6-15-31(35)38/h1-23H,24H2. The van der Waals surface area contributed by atoms with Gasteiger partial charge in [-0.15, -0.1) is 0 Å². The molecule has 5 heteroatoms. The van der Waals surface area contributed by atoms with Crippen LogP contribution in [0.5, 0.6) is 0 Å². The van der Waals surface area contributed by atoms with Gasteiger partial charge in [-0.2, -0.15) is 0 Å². The smallest absolute Gasteiger partial charge is 0.259 e. The summed E-state index contributed by atoms with van der Waals surface area (Å²) in [6.07, 6.45) is 1.91. The van der Waals surface area contributed by atoms with Crippen LogP contribution in [0.4, 0.5) is 22.7 Å². The molecule has 0 unspecified atom stereocenters. The van der Waals surface area contributed by atoms with Gasteiger partial charge in [0.15, 0.2) is 0 Å². The van der Waals surface area contributed by atoms with Crippen LogP contribution in [0.15, 0.2) is 149 Å². The SMILES string of the molecule is O=C1c2cc(N3c4ccccc4C4(c5ccccc5Sc5ccccc54)c4ncccc43)ccc2CN1c1ccccc1. The number of hydrogen-bond donors (Lipinski definition) is 0. The summed E-state index contributed by atoms with van der Waals surface area (Å²) in [5.41, 5.74) is 9.83. The number of anilines is 4. The van der Waals surface area contributed by atoms with Crippen LogP contribution in [0.1, 0.15) is 38.3 Å². The second-order valence-electron chi connectivity index (χ2n) is 11.1. The molecule has 5 aromatic carbocycles. The molecular formula is C38H25N3OS. The third-order valence-corrected chi connectivity index (χ3v) is 10.1. The third kappa shape index (κ3) is 3.34. The number of pyridine rings is 1. The van der Waals surface area contributed by atoms with E-state index in [-0.39, 0.29) is 5.91 Å². The van der Waals surface area contributed by atoms with Gasteiger partial charge in [0.25, 0.3) is 5.91 Å². The van der Waals surface area contributed by atoms with Crippen LogP contribution in [0, 0.1) is 0 Å². The number of rotatable bonds is 2. The molecule has 0 saturated heterocycles. The number of para-hydroxylation sites is 2. The highest BCUT2D eigenvalue weighted by atomic mass is 32.2. The molecule has 0 fully saturated rings. The number of nitrogens with zero attached hydrogens (tertiary/aromatic N) is 3. The van der Waals surface area contributed by atoms with Crippen molar-refractivity contribution in [3.05, 3.63) is 173 Å². The summed E-state index contributed by atoms with van der Waals surface area (Å²) < 4.78 is 0. The molecule has 1 spiro atoms. The van der Waals surface area contributed by atoms with Crippen molar-refractivity contribution in [3.63, 3.8) is 0 Å². The lowest BCUT2D eigenvalue weighted by molar-refractivity contribution is 0.0996. The largest absolute Gasteiger partial charge is 0.308 e. The summed E-state index contributed by atoms with van der Waals surface area (Å²) >= 11 is 1.83. The Labute approximate surface area is 254 Å². The van der Waals surface area contributed by atoms with E-state index in [9.17, 15) is 4.79 Å². The molecular weight excluding hydrogens is 547 g/mol. The van der Waals surface area contributed by atoms with E-state index >= 15 is 0 Å². The van der Waals surface area contributed by atoms with Crippen LogP contribution in [-0.4, -0.2) is 10.9 Å². The number of carbonyl (C=O) groups is 1. The average Bonchev–Trinajstić information content (AvgIpc) is 3.40. The molecule has 1 amide bonds. The summed E-state index contributed by atoms with van der Waals surface area (Å²) in [6.45, 7) is 0.571. The highest BCUT2D eigenvalue weighted by Gasteiger charge is 2.51. The molecule has 0 aliphatic carbocycles. The summed E-state index contributed by atoms with van der Waals surface area (Å²) in [5, 5.41) is 0. The van der Waals surface area contributed by atoms with Crippen LogP contribution < -0.4 is 9.80 Å². The van der Waals surface area contributed by atoms with Crippen LogP contribution >= 0.6 is 11.8 Å². The van der Waals surface area contributed by atoms with Gasteiger partial charge in [-0.1, -0.05) is 90.6 Å². The van der Waals surface area contributed by atoms with Gasteiger partial charge in [0, 0.05) is 32.9 Å². The van der Waals surface area contributed by atoms with Crippen molar-refractivity contribution in [2.45, 2.75) is 21.8 Å². The van der Waals surface area contributed by atoms with E-state index in [1.807, 2.05) is 59.3 Å². The Kier molecular flexibility index (Phi) is 5.23. The predicted octanol–water partition coefficient (Wildman–Crippen LogP) is 8.87. The maximum Gasteiger partial charge on any atom is 0.259 e. The summed E-state index contributed by atoms with van der Waals surface area (Å²) in [6, 6.07) is 46.5. The van der Waals surface area contributed by atoms with E-state index in [1.54, 1.807) is 0 Å². The molecule has 0 bridgehead atoms. The van der Waals surface area contributed by atoms with E-state index in [0.717, 1.165) is 39.6 Å². The Morgan fingerprint density at radius 3 is 2.05 bits per heavy atom. The van der Waals surface area contributed by atoms with Gasteiger partial charge in [-0.05, 0) is 76.9 Å². The zero-order valence-corrected chi connectivity index (χ0v) is 24.0. The zero-order valence-electron chi connectivity index (χ0n) is 23.1. The molecule has 4 nitrogen and oxygen atoms in total. The van der Waals surface area contributed by atoms with E-state index in [2.05, 4.69) is 102 Å². The molecule has 204 valence electrons. The first kappa shape index (κ1) is 24.5. The van der Waals surface area contributed by atoms with Crippen molar-refractivity contribution in [1.29, 1.82) is 0 Å². The highest BCUT2D eigenvalue weighted by Crippen LogP contribution is 2.62. The van der Waals surface area contributed by atoms with Crippen LogP contribution in [-0.2, 0) is 12.0 Å². The fourth-order valence-electron chi connectivity index (χ4n) is 7.17. The maximum absolute atomic E-state index is 13.7. The Morgan fingerprint density at radius 1 is 0.628 bits per heavy atom. The zero-order chi connectivity index (χ0) is 28.5. The predicted molar refractivity (Wildman–Crippen MR) is 172 cm³/mol. The van der Waals surface area contributed by atoms with E-state index in [0.29, 0.717) is 6.54 Å². The molecule has 0 atom stereocenters. The van der Waals surface area contributed by atoms with Gasteiger partial charge < -0.3 is 9.80 Å². The minimum atomic E-state index is -0.585. The minimum Gasteiger partial charge on any atom is -0.308 e. The van der Waals surface area contributed by atoms with Gasteiger partial charge in [0.2, 0.25) is 0 Å². The lowest BCUT2D eigenvalue weighted by atomic mass is 9.64. The van der Waals surface area contributed by atoms with Gasteiger partial charge in [0.05, 0.1) is 29.0 Å². The highest BCUT2D eigenvalue weighted by molar-refractivity contribution is 7.99. The third-order valence-electron chi connectivity index (χ3n) is 8.96. The van der Waals surface area contributed by atoms with Crippen molar-refractivity contribution in [1.82, 2.24) is 4.98 Å². The van der Waals surface area contributed by atoms with Crippen LogP contribution in [0.2, 0.25) is 0 Å². The van der Waals surface area contributed by atoms with E-state index in [4.69, 9.17) is 4.98 Å². The van der Waals surface area contributed by atoms with Gasteiger partial charge in [-0.3, -0.25) is 9.78 Å². The number of amides is 1. The monoisotopic (exact) mass is 571 g/mol. The van der Waals surface area contributed by atoms with Crippen molar-refractivity contribution in [2.24, 2.45) is 0 Å². The lowest BCUT2D eigenvalue weighted by Crippen LogP contribution is -2.40. The van der Waals surface area contributed by atoms with Crippen LogP contribution in [0.3, 0.4) is 0 Å². The lowest BCUT2D eigenvalue weighted by Gasteiger charge is -2.47. The van der Waals surface area contributed by atoms with Crippen LogP contribution in [0.25, 0.3) is 0 Å². The number of carbonyl (C=O) groups excluding carboxylic acids is 1. The first-order valence-electron chi connectivity index (χ1n) is 14.5. The summed E-state index contributed by atoms with van der Waals surface area (Å²) in [5.74, 6) is 0.0309. The van der Waals surface area contributed by atoms with Gasteiger partial charge in [-0.25, -0.2) is 0 Å². The van der Waals surface area contributed by atoms with Crippen molar-refractivity contribution >= 4 is 40.4 Å². The molecule has 4 heterocycles. The first-order valence-corrected chi connectivity index (χ1v) is 15.3. The fourth-order valence-corrected chi connectivity index (χ4v) is 8.36. The molecule has 1 aromatic heterocycles. The van der Waals surface area contributed by atoms with E-state index < -0.39 is 5.41 Å². The fraction of sp³-hybridized carbons (Fsp3) is 0.0526. The molecule has 0 radical (unpaired) electrons. The van der Waals surface area contributed by atoms with Crippen molar-refractivity contribution in [3.8, 4) is 0 Å². The molecule has 43 heavy (non-hydrogen) atoms. The number of aromatic nitrogens is 1. The minimum absolute atomic E-state index is 0.0309. The summed E-state index contributed by atoms with van der Waals surface area (Å²) in [7, 11) is 0. The molecule has 3 aliphatic rings. The quantitative estimate of drug-likeness (QED) is 0.208. The second-order valence-corrected chi connectivity index (χ2v) is 12.2. The first-order chi connectivity index (χ1) is 21.2. The normalized spacial score (nSPS) is 15.4. The van der Waals surface area contributed by atoms with Gasteiger partial charge in [0.1, 0.15) is 0 Å². The Morgan fingerprint density at radius 2 is 1.28 bits per heavy atom. The topological polar surface area (TPSA) is 36.4 Å². The number of hydrogen-bond acceptors (Lipinski definition) is 4. The Balaban J connectivity index is 1.28. The number of fused-ring (bicyclic) bond motifs is 9. The average molecular weight is 572 g/mol. The second kappa shape index (κ2) is 9.18. The maximum atomic E-state index is 13.7. The van der Waals surface area contributed by atoms with Crippen molar-refractivity contribution < 1.29 is 4.79 Å². The summed E-state index contributed by atoms with van der Waals surface area (Å²) in [4.78, 5) is 25.5. The Hall–Kier alpha value is -5.13. The number of benzene rings is 5. The van der Waals surface area contributed by atoms with Gasteiger partial charge >= 0.3 is 0 Å². The molecule has 3 aliphatic heterocycles. The molecule has 9 rings (SSSR count). The van der Waals surface area contributed by atoms with E-state index in [1.165, 1.54) is 26.5 Å². The molecule has 0 N–H and O–H groups in total. The Bertz CT molecular complexity index is 1990. The molecule has 0 saturated carbocycles.